The van der Waals surface area contributed by atoms with Gasteiger partial charge in [0.15, 0.2) is 5.41 Å². The van der Waals surface area contributed by atoms with Crippen molar-refractivity contribution in [3.05, 3.63) is 35.9 Å². The van der Waals surface area contributed by atoms with Crippen molar-refractivity contribution >= 4 is 5.97 Å². The summed E-state index contributed by atoms with van der Waals surface area (Å²) in [6.07, 6.45) is 0.403. The van der Waals surface area contributed by atoms with Crippen molar-refractivity contribution in [2.75, 3.05) is 7.11 Å². The van der Waals surface area contributed by atoms with Crippen molar-refractivity contribution < 1.29 is 9.53 Å². The molecule has 0 N–H and O–H groups in total. The van der Waals surface area contributed by atoms with E-state index >= 15 is 0 Å². The SMILES string of the molecule is CC[C@@](C#N)(C(=O)OC)c1ccccc1. The van der Waals surface area contributed by atoms with E-state index in [-0.39, 0.29) is 0 Å². The number of benzene rings is 1. The number of carbonyl (C=O) groups is 1. The van der Waals surface area contributed by atoms with Gasteiger partial charge >= 0.3 is 5.97 Å². The Morgan fingerprint density at radius 3 is 2.47 bits per heavy atom. The predicted octanol–water partition coefficient (Wildman–Crippen LogP) is 2.03. The van der Waals surface area contributed by atoms with Crippen LogP contribution >= 0.6 is 0 Å². The number of esters is 1. The zero-order valence-electron chi connectivity index (χ0n) is 8.86. The van der Waals surface area contributed by atoms with Gasteiger partial charge in [-0.05, 0) is 12.0 Å². The third-order valence-corrected chi connectivity index (χ3v) is 2.52. The van der Waals surface area contributed by atoms with E-state index in [0.29, 0.717) is 12.0 Å². The largest absolute Gasteiger partial charge is 0.468 e. The van der Waals surface area contributed by atoms with Gasteiger partial charge in [-0.1, -0.05) is 37.3 Å². The van der Waals surface area contributed by atoms with Crippen molar-refractivity contribution in [1.29, 1.82) is 5.26 Å². The number of hydrogen-bond donors (Lipinski definition) is 0. The Labute approximate surface area is 89.3 Å². The van der Waals surface area contributed by atoms with Crippen LogP contribution in [-0.4, -0.2) is 13.1 Å². The van der Waals surface area contributed by atoms with Crippen LogP contribution in [0, 0.1) is 11.3 Å². The van der Waals surface area contributed by atoms with Crippen LogP contribution in [0.2, 0.25) is 0 Å². The van der Waals surface area contributed by atoms with Crippen LogP contribution < -0.4 is 0 Å². The average molecular weight is 203 g/mol. The van der Waals surface area contributed by atoms with E-state index in [1.165, 1.54) is 7.11 Å². The minimum Gasteiger partial charge on any atom is -0.468 e. The molecule has 78 valence electrons. The van der Waals surface area contributed by atoms with Crippen molar-refractivity contribution in [2.24, 2.45) is 0 Å². The first-order valence-corrected chi connectivity index (χ1v) is 4.76. The smallest absolute Gasteiger partial charge is 0.330 e. The Morgan fingerprint density at radius 1 is 1.47 bits per heavy atom. The third-order valence-electron chi connectivity index (χ3n) is 2.52. The van der Waals surface area contributed by atoms with Gasteiger partial charge in [0.2, 0.25) is 0 Å². The molecule has 0 unspecified atom stereocenters. The lowest BCUT2D eigenvalue weighted by Crippen LogP contribution is -2.34. The van der Waals surface area contributed by atoms with Crippen molar-refractivity contribution in [3.8, 4) is 6.07 Å². The van der Waals surface area contributed by atoms with E-state index in [4.69, 9.17) is 4.74 Å². The third kappa shape index (κ3) is 1.84. The molecule has 15 heavy (non-hydrogen) atoms. The molecule has 1 rings (SSSR count). The molecule has 1 aromatic carbocycles. The van der Waals surface area contributed by atoms with E-state index in [1.54, 1.807) is 31.2 Å². The van der Waals surface area contributed by atoms with E-state index in [9.17, 15) is 10.1 Å². The monoisotopic (exact) mass is 203 g/mol. The van der Waals surface area contributed by atoms with Gasteiger partial charge in [0.1, 0.15) is 0 Å². The zero-order chi connectivity index (χ0) is 11.3. The highest BCUT2D eigenvalue weighted by Crippen LogP contribution is 2.28. The van der Waals surface area contributed by atoms with Crippen molar-refractivity contribution in [2.45, 2.75) is 18.8 Å². The average Bonchev–Trinajstić information content (AvgIpc) is 2.32. The first kappa shape index (κ1) is 11.3. The van der Waals surface area contributed by atoms with Crippen LogP contribution in [0.25, 0.3) is 0 Å². The summed E-state index contributed by atoms with van der Waals surface area (Å²) in [4.78, 5) is 11.7. The summed E-state index contributed by atoms with van der Waals surface area (Å²) in [6, 6.07) is 11.0. The number of rotatable bonds is 3. The van der Waals surface area contributed by atoms with Gasteiger partial charge in [0, 0.05) is 0 Å². The minimum atomic E-state index is -1.17. The Bertz CT molecular complexity index is 380. The molecule has 0 heterocycles. The first-order chi connectivity index (χ1) is 7.21. The lowest BCUT2D eigenvalue weighted by molar-refractivity contribution is -0.145. The van der Waals surface area contributed by atoms with Crippen LogP contribution in [-0.2, 0) is 14.9 Å². The molecular formula is C12H13NO2. The first-order valence-electron chi connectivity index (χ1n) is 4.76. The fourth-order valence-corrected chi connectivity index (χ4v) is 1.55. The highest BCUT2D eigenvalue weighted by atomic mass is 16.5. The summed E-state index contributed by atoms with van der Waals surface area (Å²) in [7, 11) is 1.30. The Balaban J connectivity index is 3.25. The summed E-state index contributed by atoms with van der Waals surface area (Å²) < 4.78 is 4.69. The highest BCUT2D eigenvalue weighted by molar-refractivity contribution is 5.86. The minimum absolute atomic E-state index is 0.403. The van der Waals surface area contributed by atoms with Crippen LogP contribution in [0.4, 0.5) is 0 Å². The zero-order valence-corrected chi connectivity index (χ0v) is 8.86. The maximum atomic E-state index is 11.7. The molecule has 3 heteroatoms. The molecule has 0 radical (unpaired) electrons. The normalized spacial score (nSPS) is 13.7. The Kier molecular flexibility index (Phi) is 3.46. The van der Waals surface area contributed by atoms with Gasteiger partial charge in [-0.2, -0.15) is 5.26 Å². The van der Waals surface area contributed by atoms with Gasteiger partial charge < -0.3 is 4.74 Å². The molecule has 1 aromatic rings. The molecule has 0 amide bonds. The lowest BCUT2D eigenvalue weighted by atomic mass is 9.79. The highest BCUT2D eigenvalue weighted by Gasteiger charge is 2.39. The Morgan fingerprint density at radius 2 is 2.07 bits per heavy atom. The summed E-state index contributed by atoms with van der Waals surface area (Å²) in [5.41, 5.74) is -0.488. The molecule has 0 fully saturated rings. The predicted molar refractivity (Wildman–Crippen MR) is 56.0 cm³/mol. The van der Waals surface area contributed by atoms with Crippen LogP contribution in [0.3, 0.4) is 0 Å². The maximum absolute atomic E-state index is 11.7. The summed E-state index contributed by atoms with van der Waals surface area (Å²) in [6.45, 7) is 1.80. The van der Waals surface area contributed by atoms with E-state index in [2.05, 4.69) is 6.07 Å². The fraction of sp³-hybridized carbons (Fsp3) is 0.333. The maximum Gasteiger partial charge on any atom is 0.330 e. The molecule has 0 spiro atoms. The van der Waals surface area contributed by atoms with Gasteiger partial charge in [-0.25, -0.2) is 4.79 Å². The number of hydrogen-bond acceptors (Lipinski definition) is 3. The molecule has 0 bridgehead atoms. The molecular weight excluding hydrogens is 190 g/mol. The van der Waals surface area contributed by atoms with E-state index in [1.807, 2.05) is 6.07 Å². The molecule has 0 aliphatic carbocycles. The number of methoxy groups -OCH3 is 1. The topological polar surface area (TPSA) is 50.1 Å². The Hall–Kier alpha value is -1.82. The molecule has 0 saturated carbocycles. The quantitative estimate of drug-likeness (QED) is 0.706. The summed E-state index contributed by atoms with van der Waals surface area (Å²) in [5, 5.41) is 9.18. The molecule has 1 atom stereocenters. The number of carbonyl (C=O) groups excluding carboxylic acids is 1. The molecule has 3 nitrogen and oxygen atoms in total. The number of nitriles is 1. The second kappa shape index (κ2) is 4.61. The van der Waals surface area contributed by atoms with Gasteiger partial charge in [0.25, 0.3) is 0 Å². The van der Waals surface area contributed by atoms with Crippen molar-refractivity contribution in [1.82, 2.24) is 0 Å². The number of ether oxygens (including phenoxy) is 1. The summed E-state index contributed by atoms with van der Waals surface area (Å²) >= 11 is 0. The number of nitrogens with zero attached hydrogens (tertiary/aromatic N) is 1. The van der Waals surface area contributed by atoms with Gasteiger partial charge in [-0.15, -0.1) is 0 Å². The van der Waals surface area contributed by atoms with Crippen LogP contribution in [0.5, 0.6) is 0 Å². The lowest BCUT2D eigenvalue weighted by Gasteiger charge is -2.22. The van der Waals surface area contributed by atoms with Crippen molar-refractivity contribution in [3.63, 3.8) is 0 Å². The second-order valence-corrected chi connectivity index (χ2v) is 3.23. The standard InChI is InChI=1S/C12H13NO2/c1-3-12(9-13,11(14)15-2)10-7-5-4-6-8-10/h4-8H,3H2,1-2H3/t12-/m0/s1. The van der Waals surface area contributed by atoms with Crippen LogP contribution in [0.15, 0.2) is 30.3 Å². The summed E-state index contributed by atoms with van der Waals surface area (Å²) in [5.74, 6) is -0.501. The second-order valence-electron chi connectivity index (χ2n) is 3.23. The van der Waals surface area contributed by atoms with Crippen LogP contribution in [0.1, 0.15) is 18.9 Å². The van der Waals surface area contributed by atoms with E-state index in [0.717, 1.165) is 0 Å². The fourth-order valence-electron chi connectivity index (χ4n) is 1.55. The molecule has 0 aromatic heterocycles. The molecule has 0 aliphatic heterocycles. The molecule has 0 saturated heterocycles. The van der Waals surface area contributed by atoms with E-state index < -0.39 is 11.4 Å². The molecule has 0 aliphatic rings. The van der Waals surface area contributed by atoms with Gasteiger partial charge in [-0.3, -0.25) is 0 Å². The van der Waals surface area contributed by atoms with Gasteiger partial charge in [0.05, 0.1) is 13.2 Å².